The van der Waals surface area contributed by atoms with Gasteiger partial charge in [0.1, 0.15) is 0 Å². The minimum Gasteiger partial charge on any atom is -0.358 e. The van der Waals surface area contributed by atoms with Crippen LogP contribution in [-0.2, 0) is 25.8 Å². The molecule has 0 fully saturated rings. The maximum atomic E-state index is 3.91. The minimum absolute atomic E-state index is 0. The molecule has 0 aromatic heterocycles. The van der Waals surface area contributed by atoms with Gasteiger partial charge >= 0.3 is 25.8 Å². The summed E-state index contributed by atoms with van der Waals surface area (Å²) in [4.78, 5) is 0. The van der Waals surface area contributed by atoms with E-state index >= 15 is 0 Å². The van der Waals surface area contributed by atoms with E-state index in [0.29, 0.717) is 0 Å². The van der Waals surface area contributed by atoms with Gasteiger partial charge in [-0.1, -0.05) is 19.6 Å². The molecule has 2 heteroatoms. The number of hydrogen-bond acceptors (Lipinski definition) is 0. The molecule has 0 heterocycles. The molecule has 0 aliphatic heterocycles. The van der Waals surface area contributed by atoms with Crippen molar-refractivity contribution in [2.24, 2.45) is 0 Å². The molecule has 48 valence electrons. The molecule has 0 radical (unpaired) electrons. The fourth-order valence-electron chi connectivity index (χ4n) is 0. The molecule has 0 bridgehead atoms. The van der Waals surface area contributed by atoms with Crippen molar-refractivity contribution < 1.29 is 25.8 Å². The monoisotopic (exact) mass is 162 g/mol. The Balaban J connectivity index is -0.0000000267. The van der Waals surface area contributed by atoms with E-state index in [1.54, 1.807) is 0 Å². The van der Waals surface area contributed by atoms with E-state index in [9.17, 15) is 0 Å². The third-order valence-corrected chi connectivity index (χ3v) is 0. The first-order chi connectivity index (χ1) is 2.00. The van der Waals surface area contributed by atoms with Crippen molar-refractivity contribution in [3.63, 3.8) is 0 Å². The van der Waals surface area contributed by atoms with Crippen molar-refractivity contribution in [3.8, 4) is 0 Å². The smallest absolute Gasteiger partial charge is 0.358 e. The molecule has 0 aromatic rings. The van der Waals surface area contributed by atoms with E-state index in [0.717, 1.165) is 0 Å². The van der Waals surface area contributed by atoms with E-state index in [-0.39, 0.29) is 40.7 Å². The molecule has 0 unspecified atom stereocenters. The summed E-state index contributed by atoms with van der Waals surface area (Å²) in [5.41, 5.74) is 0. The Kier molecular flexibility index (Phi) is 23.2. The van der Waals surface area contributed by atoms with Crippen LogP contribution >= 0.6 is 0 Å². The fourth-order valence-corrected chi connectivity index (χ4v) is 0. The Morgan fingerprint density at radius 1 is 1.00 bits per heavy atom. The van der Waals surface area contributed by atoms with Crippen molar-refractivity contribution in [1.29, 1.82) is 0 Å². The predicted molar refractivity (Wildman–Crippen MR) is 41.5 cm³/mol. The van der Waals surface area contributed by atoms with Gasteiger partial charge in [0.2, 0.25) is 0 Å². The Morgan fingerprint density at radius 3 is 1.00 bits per heavy atom. The second-order valence-electron chi connectivity index (χ2n) is 2.56. The van der Waals surface area contributed by atoms with E-state index in [1.165, 1.54) is 0 Å². The van der Waals surface area contributed by atoms with E-state index in [4.69, 9.17) is 0 Å². The Morgan fingerprint density at radius 2 is 1.00 bits per heavy atom. The zero-order valence-corrected chi connectivity index (χ0v) is 9.59. The van der Waals surface area contributed by atoms with Crippen LogP contribution in [0.25, 0.3) is 0 Å². The summed E-state index contributed by atoms with van der Waals surface area (Å²) < 4.78 is 0. The van der Waals surface area contributed by atoms with E-state index < -0.39 is 8.07 Å². The average molecular weight is 162 g/mol. The number of hydrogen-bond donors (Lipinski definition) is 0. The van der Waals surface area contributed by atoms with Crippen molar-refractivity contribution in [1.82, 2.24) is 0 Å². The average Bonchev–Trinajstić information content (AvgIpc) is 0.722. The number of rotatable bonds is 0. The van der Waals surface area contributed by atoms with Crippen molar-refractivity contribution in [2.45, 2.75) is 19.6 Å². The van der Waals surface area contributed by atoms with Crippen molar-refractivity contribution >= 4 is 8.07 Å². The van der Waals surface area contributed by atoms with Crippen LogP contribution in [0.3, 0.4) is 0 Å². The standard InChI is InChI=1S/C4H11Si.2CH3.Sc/c1-5(2,3)4;;;/h1H2,2-4H3;2*1H3;/q3*-1;+3. The van der Waals surface area contributed by atoms with E-state index in [1.807, 2.05) is 0 Å². The van der Waals surface area contributed by atoms with Gasteiger partial charge in [-0.2, -0.15) is 0 Å². The molecule has 0 spiro atoms. The Labute approximate surface area is 74.9 Å². The molecule has 0 aliphatic carbocycles. The topological polar surface area (TPSA) is 0 Å². The second kappa shape index (κ2) is 8.09. The molecule has 0 rings (SSSR count). The van der Waals surface area contributed by atoms with Gasteiger partial charge in [-0.05, 0) is 0 Å². The summed E-state index contributed by atoms with van der Waals surface area (Å²) in [6.45, 7) is 10.6. The van der Waals surface area contributed by atoms with Crippen molar-refractivity contribution in [2.75, 3.05) is 0 Å². The van der Waals surface area contributed by atoms with Crippen LogP contribution in [0.2, 0.25) is 19.6 Å². The van der Waals surface area contributed by atoms with Gasteiger partial charge in [-0.3, -0.25) is 0 Å². The normalized spacial score (nSPS) is 7.50. The van der Waals surface area contributed by atoms with Crippen LogP contribution in [0.15, 0.2) is 0 Å². The van der Waals surface area contributed by atoms with Gasteiger partial charge in [0.25, 0.3) is 0 Å². The molecular weight excluding hydrogens is 145 g/mol. The second-order valence-corrected chi connectivity index (χ2v) is 7.68. The third kappa shape index (κ3) is 222. The molecular formula is C6H17ScSi. The van der Waals surface area contributed by atoms with Crippen LogP contribution in [-0.4, -0.2) is 8.07 Å². The molecule has 0 amide bonds. The molecule has 0 aromatic carbocycles. The summed E-state index contributed by atoms with van der Waals surface area (Å²) in [6, 6.07) is 0. The van der Waals surface area contributed by atoms with Gasteiger partial charge in [-0.25, -0.2) is 0 Å². The first-order valence-corrected chi connectivity index (χ1v) is 5.56. The van der Waals surface area contributed by atoms with Crippen LogP contribution < -0.4 is 0 Å². The molecule has 0 saturated carbocycles. The molecule has 0 N–H and O–H groups in total. The molecule has 8 heavy (non-hydrogen) atoms. The summed E-state index contributed by atoms with van der Waals surface area (Å²) in [7, 11) is -0.861. The first kappa shape index (κ1) is 23.0. The van der Waals surface area contributed by atoms with Crippen LogP contribution in [0.5, 0.6) is 0 Å². The van der Waals surface area contributed by atoms with Gasteiger partial charge in [0.05, 0.1) is 0 Å². The van der Waals surface area contributed by atoms with Gasteiger partial charge in [0.15, 0.2) is 0 Å². The maximum absolute atomic E-state index is 3.91. The maximum Gasteiger partial charge on any atom is 3.00 e. The third-order valence-electron chi connectivity index (χ3n) is 0. The van der Waals surface area contributed by atoms with Gasteiger partial charge in [-0.15, -0.1) is 8.07 Å². The summed E-state index contributed by atoms with van der Waals surface area (Å²) >= 11 is 0. The molecule has 0 atom stereocenters. The van der Waals surface area contributed by atoms with Gasteiger partial charge in [0, 0.05) is 0 Å². The predicted octanol–water partition coefficient (Wildman–Crippen LogP) is 2.60. The molecule has 0 nitrogen and oxygen atoms in total. The minimum atomic E-state index is -0.861. The molecule has 0 aliphatic rings. The first-order valence-electron chi connectivity index (χ1n) is 1.85. The zero-order chi connectivity index (χ0) is 4.50. The van der Waals surface area contributed by atoms with Crippen LogP contribution in [0.4, 0.5) is 0 Å². The summed E-state index contributed by atoms with van der Waals surface area (Å²) in [6.07, 6.45) is 0. The Hall–Kier alpha value is 1.09. The van der Waals surface area contributed by atoms with Crippen molar-refractivity contribution in [3.05, 3.63) is 21.4 Å². The largest absolute Gasteiger partial charge is 3.00 e. The zero-order valence-electron chi connectivity index (χ0n) is 6.78. The van der Waals surface area contributed by atoms with Gasteiger partial charge < -0.3 is 21.4 Å². The van der Waals surface area contributed by atoms with Crippen LogP contribution in [0, 0.1) is 21.4 Å². The summed E-state index contributed by atoms with van der Waals surface area (Å²) in [5, 5.41) is 0. The Bertz CT molecular complexity index is 24.0. The van der Waals surface area contributed by atoms with E-state index in [2.05, 4.69) is 26.2 Å². The fraction of sp³-hybridized carbons (Fsp3) is 0.500. The van der Waals surface area contributed by atoms with Crippen LogP contribution in [0.1, 0.15) is 0 Å². The molecule has 0 saturated heterocycles. The summed E-state index contributed by atoms with van der Waals surface area (Å²) in [5.74, 6) is 0. The quantitative estimate of drug-likeness (QED) is 0.379. The SMILES string of the molecule is [CH2-][Si](C)(C)C.[CH3-].[CH3-].[Sc+3].